The molecule has 0 atom stereocenters. The minimum Gasteiger partial charge on any atom is -0.492 e. The number of nitrogens with zero attached hydrogens (tertiary/aromatic N) is 2. The Morgan fingerprint density at radius 1 is 1.16 bits per heavy atom. The fourth-order valence-electron chi connectivity index (χ4n) is 3.26. The van der Waals surface area contributed by atoms with Gasteiger partial charge in [0, 0.05) is 22.6 Å². The molecule has 1 heterocycles. The fourth-order valence-corrected chi connectivity index (χ4v) is 3.78. The zero-order valence-electron chi connectivity index (χ0n) is 18.0. The molecule has 3 rings (SSSR count). The average Bonchev–Trinajstić information content (AvgIpc) is 3.02. The van der Waals surface area contributed by atoms with Gasteiger partial charge in [-0.05, 0) is 63.2 Å². The van der Waals surface area contributed by atoms with Crippen molar-refractivity contribution in [2.24, 2.45) is 10.2 Å². The number of carbonyl (C=O) groups excluding carboxylic acids is 1. The van der Waals surface area contributed by atoms with E-state index in [1.165, 1.54) is 12.1 Å². The Hall–Kier alpha value is -3.63. The van der Waals surface area contributed by atoms with E-state index in [2.05, 4.69) is 15.8 Å². The summed E-state index contributed by atoms with van der Waals surface area (Å²) >= 11 is 0. The first-order valence-electron chi connectivity index (χ1n) is 9.84. The maximum atomic E-state index is 12.2. The van der Waals surface area contributed by atoms with Crippen LogP contribution in [0.4, 0.5) is 10.5 Å². The summed E-state index contributed by atoms with van der Waals surface area (Å²) in [5.74, 6) is 0.575. The Bertz CT molecular complexity index is 1250. The van der Waals surface area contributed by atoms with Crippen LogP contribution in [-0.2, 0) is 10.0 Å². The van der Waals surface area contributed by atoms with Crippen LogP contribution in [0.15, 0.2) is 64.6 Å². The molecule has 32 heavy (non-hydrogen) atoms. The quantitative estimate of drug-likeness (QED) is 0.373. The SMILES string of the molecule is CCOc1ccccc1NC(=O)N/N=C/c1cc(C)n(-c2ccc(S(N)(=O)=O)cc2)c1C. The average molecular weight is 456 g/mol. The van der Waals surface area contributed by atoms with Crippen molar-refractivity contribution < 1.29 is 17.9 Å². The lowest BCUT2D eigenvalue weighted by Gasteiger charge is -2.10. The van der Waals surface area contributed by atoms with Crippen LogP contribution < -0.4 is 20.6 Å². The molecule has 0 saturated heterocycles. The normalized spacial score (nSPS) is 11.5. The van der Waals surface area contributed by atoms with Crippen molar-refractivity contribution in [3.05, 3.63) is 71.5 Å². The smallest absolute Gasteiger partial charge is 0.339 e. The van der Waals surface area contributed by atoms with Gasteiger partial charge in [-0.1, -0.05) is 12.1 Å². The molecule has 0 aliphatic rings. The van der Waals surface area contributed by atoms with Gasteiger partial charge in [0.2, 0.25) is 10.0 Å². The number of hydrogen-bond acceptors (Lipinski definition) is 5. The molecule has 10 heteroatoms. The summed E-state index contributed by atoms with van der Waals surface area (Å²) in [6.45, 7) is 6.17. The number of amides is 2. The molecule has 2 amide bonds. The molecule has 1 aromatic heterocycles. The monoisotopic (exact) mass is 455 g/mol. The van der Waals surface area contributed by atoms with E-state index in [9.17, 15) is 13.2 Å². The molecule has 0 unspecified atom stereocenters. The van der Waals surface area contributed by atoms with E-state index < -0.39 is 16.1 Å². The lowest BCUT2D eigenvalue weighted by molar-refractivity contribution is 0.252. The largest absolute Gasteiger partial charge is 0.492 e. The topological polar surface area (TPSA) is 128 Å². The number of rotatable bonds is 7. The van der Waals surface area contributed by atoms with Crippen LogP contribution in [0.25, 0.3) is 5.69 Å². The van der Waals surface area contributed by atoms with E-state index in [0.717, 1.165) is 22.6 Å². The third kappa shape index (κ3) is 5.34. The van der Waals surface area contributed by atoms with Crippen molar-refractivity contribution in [1.82, 2.24) is 9.99 Å². The van der Waals surface area contributed by atoms with Crippen molar-refractivity contribution in [3.63, 3.8) is 0 Å². The number of aryl methyl sites for hydroxylation is 1. The van der Waals surface area contributed by atoms with Gasteiger partial charge in [0.15, 0.2) is 0 Å². The van der Waals surface area contributed by atoms with Gasteiger partial charge in [-0.3, -0.25) is 0 Å². The van der Waals surface area contributed by atoms with Crippen LogP contribution in [-0.4, -0.2) is 31.8 Å². The van der Waals surface area contributed by atoms with E-state index in [0.29, 0.717) is 18.0 Å². The summed E-state index contributed by atoms with van der Waals surface area (Å²) in [6.07, 6.45) is 1.55. The summed E-state index contributed by atoms with van der Waals surface area (Å²) in [7, 11) is -3.75. The van der Waals surface area contributed by atoms with Crippen LogP contribution in [0.1, 0.15) is 23.9 Å². The van der Waals surface area contributed by atoms with Gasteiger partial charge in [-0.2, -0.15) is 5.10 Å². The highest BCUT2D eigenvalue weighted by molar-refractivity contribution is 7.89. The molecule has 0 aliphatic heterocycles. The van der Waals surface area contributed by atoms with Crippen LogP contribution in [0.2, 0.25) is 0 Å². The van der Waals surface area contributed by atoms with Crippen LogP contribution >= 0.6 is 0 Å². The van der Waals surface area contributed by atoms with Gasteiger partial charge in [0.1, 0.15) is 5.75 Å². The molecule has 0 radical (unpaired) electrons. The van der Waals surface area contributed by atoms with Crippen molar-refractivity contribution >= 4 is 28.0 Å². The number of urea groups is 1. The molecule has 0 bridgehead atoms. The summed E-state index contributed by atoms with van der Waals surface area (Å²) < 4.78 is 30.4. The number of para-hydroxylation sites is 2. The Morgan fingerprint density at radius 3 is 2.50 bits per heavy atom. The van der Waals surface area contributed by atoms with Gasteiger partial charge >= 0.3 is 6.03 Å². The van der Waals surface area contributed by atoms with Crippen molar-refractivity contribution in [1.29, 1.82) is 0 Å². The minimum atomic E-state index is -3.75. The molecule has 3 aromatic rings. The predicted octanol–water partition coefficient (Wildman–Crippen LogP) is 3.30. The number of sulfonamides is 1. The van der Waals surface area contributed by atoms with E-state index in [-0.39, 0.29) is 4.90 Å². The van der Waals surface area contributed by atoms with Gasteiger partial charge < -0.3 is 14.6 Å². The van der Waals surface area contributed by atoms with Crippen LogP contribution in [0.5, 0.6) is 5.75 Å². The molecular weight excluding hydrogens is 430 g/mol. The van der Waals surface area contributed by atoms with Gasteiger partial charge in [0.25, 0.3) is 0 Å². The fraction of sp³-hybridized carbons (Fsp3) is 0.182. The third-order valence-corrected chi connectivity index (χ3v) is 5.63. The number of carbonyl (C=O) groups is 1. The number of hydrogen-bond donors (Lipinski definition) is 3. The van der Waals surface area contributed by atoms with Crippen molar-refractivity contribution in [2.75, 3.05) is 11.9 Å². The second-order valence-electron chi connectivity index (χ2n) is 6.95. The number of benzene rings is 2. The predicted molar refractivity (Wildman–Crippen MR) is 124 cm³/mol. The molecular formula is C22H25N5O4S. The van der Waals surface area contributed by atoms with Crippen molar-refractivity contribution in [3.8, 4) is 11.4 Å². The zero-order valence-corrected chi connectivity index (χ0v) is 18.8. The van der Waals surface area contributed by atoms with E-state index >= 15 is 0 Å². The number of aromatic nitrogens is 1. The lowest BCUT2D eigenvalue weighted by atomic mass is 10.2. The first kappa shape index (κ1) is 23.0. The molecule has 0 aliphatic carbocycles. The Kier molecular flexibility index (Phi) is 6.96. The standard InChI is InChI=1S/C22H25N5O4S/c1-4-31-21-8-6-5-7-20(21)25-22(28)26-24-14-17-13-15(2)27(16(17)3)18-9-11-19(12-10-18)32(23,29)30/h5-14H,4H2,1-3H3,(H2,23,29,30)(H2,25,26,28)/b24-14+. The first-order chi connectivity index (χ1) is 15.2. The summed E-state index contributed by atoms with van der Waals surface area (Å²) in [5, 5.41) is 11.9. The van der Waals surface area contributed by atoms with Crippen LogP contribution in [0, 0.1) is 13.8 Å². The Balaban J connectivity index is 1.72. The number of nitrogens with two attached hydrogens (primary N) is 1. The number of hydrazone groups is 1. The highest BCUT2D eigenvalue weighted by atomic mass is 32.2. The number of anilines is 1. The van der Waals surface area contributed by atoms with Gasteiger partial charge in [-0.25, -0.2) is 23.8 Å². The maximum Gasteiger partial charge on any atom is 0.339 e. The second kappa shape index (κ2) is 9.67. The van der Waals surface area contributed by atoms with Crippen molar-refractivity contribution in [2.45, 2.75) is 25.7 Å². The number of ether oxygens (including phenoxy) is 1. The number of primary sulfonamides is 1. The maximum absolute atomic E-state index is 12.2. The van der Waals surface area contributed by atoms with E-state index in [4.69, 9.17) is 9.88 Å². The van der Waals surface area contributed by atoms with E-state index in [1.807, 2.05) is 37.5 Å². The minimum absolute atomic E-state index is 0.0478. The highest BCUT2D eigenvalue weighted by Crippen LogP contribution is 2.23. The van der Waals surface area contributed by atoms with Gasteiger partial charge in [0.05, 0.1) is 23.4 Å². The first-order valence-corrected chi connectivity index (χ1v) is 11.4. The summed E-state index contributed by atoms with van der Waals surface area (Å²) in [6, 6.07) is 14.8. The van der Waals surface area contributed by atoms with Crippen LogP contribution in [0.3, 0.4) is 0 Å². The highest BCUT2D eigenvalue weighted by Gasteiger charge is 2.12. The van der Waals surface area contributed by atoms with E-state index in [1.54, 1.807) is 36.5 Å². The molecule has 168 valence electrons. The van der Waals surface area contributed by atoms with Gasteiger partial charge in [-0.15, -0.1) is 0 Å². The molecule has 0 spiro atoms. The molecule has 0 saturated carbocycles. The second-order valence-corrected chi connectivity index (χ2v) is 8.52. The molecule has 0 fully saturated rings. The lowest BCUT2D eigenvalue weighted by Crippen LogP contribution is -2.24. The summed E-state index contributed by atoms with van der Waals surface area (Å²) in [4.78, 5) is 12.2. The zero-order chi connectivity index (χ0) is 23.3. The number of nitrogens with one attached hydrogen (secondary N) is 2. The molecule has 4 N–H and O–H groups in total. The third-order valence-electron chi connectivity index (χ3n) is 4.70. The summed E-state index contributed by atoms with van der Waals surface area (Å²) in [5.41, 5.74) is 6.36. The Morgan fingerprint density at radius 2 is 1.84 bits per heavy atom. The molecule has 2 aromatic carbocycles. The Labute approximate surface area is 186 Å². The molecule has 9 nitrogen and oxygen atoms in total.